The van der Waals surface area contributed by atoms with Gasteiger partial charge in [0.1, 0.15) is 0 Å². The van der Waals surface area contributed by atoms with Crippen LogP contribution in [-0.2, 0) is 51.5 Å². The normalized spacial score (nSPS) is 12.6. The van der Waals surface area contributed by atoms with Gasteiger partial charge in [-0.05, 0) is 44.1 Å². The Bertz CT molecular complexity index is 1330. The molecule has 5 aromatic carbocycles. The van der Waals surface area contributed by atoms with Crippen LogP contribution in [0.1, 0.15) is 35.1 Å². The maximum atomic E-state index is 2.39. The summed E-state index contributed by atoms with van der Waals surface area (Å²) in [5, 5.41) is 5.64. The van der Waals surface area contributed by atoms with Crippen molar-refractivity contribution in [1.29, 1.82) is 0 Å². The molecule has 0 saturated carbocycles. The fraction of sp³-hybridized carbons (Fsp3) is 0.250. The Hall–Kier alpha value is -1.45. The molecule has 4 heteroatoms. The summed E-state index contributed by atoms with van der Waals surface area (Å²) in [5.74, 6) is 0. The maximum absolute atomic E-state index is 2.39. The molecule has 0 spiro atoms. The molecule has 7 rings (SSSR count). The number of hydrogen-bond donors (Lipinski definition) is 0. The zero-order chi connectivity index (χ0) is 22.6. The van der Waals surface area contributed by atoms with E-state index in [2.05, 4.69) is 98.0 Å². The molecule has 0 nitrogen and oxygen atoms in total. The van der Waals surface area contributed by atoms with Gasteiger partial charge >= 0.3 is 25.8 Å². The van der Waals surface area contributed by atoms with Gasteiger partial charge < -0.3 is 24.8 Å². The van der Waals surface area contributed by atoms with Crippen LogP contribution >= 0.6 is 0 Å². The zero-order valence-corrected chi connectivity index (χ0v) is 27.4. The van der Waals surface area contributed by atoms with Gasteiger partial charge in [-0.1, -0.05) is 71.2 Å². The van der Waals surface area contributed by atoms with Gasteiger partial charge in [0.05, 0.1) is 0 Å². The van der Waals surface area contributed by atoms with Crippen LogP contribution in [0.2, 0.25) is 13.1 Å². The number of benzene rings is 3. The van der Waals surface area contributed by atoms with Crippen LogP contribution in [-0.4, -0.2) is 9.52 Å². The third-order valence-corrected chi connectivity index (χ3v) is 6.92. The molecule has 0 N–H and O–H groups in total. The summed E-state index contributed by atoms with van der Waals surface area (Å²) < 4.78 is 0. The van der Waals surface area contributed by atoms with Crippen molar-refractivity contribution >= 4 is 31.1 Å². The molecule has 0 aliphatic heterocycles. The molecule has 36 heavy (non-hydrogen) atoms. The summed E-state index contributed by atoms with van der Waals surface area (Å²) >= 11 is 0. The number of fused-ring (bicyclic) bond motifs is 4. The van der Waals surface area contributed by atoms with E-state index in [-0.39, 0.29) is 50.7 Å². The predicted molar refractivity (Wildman–Crippen MR) is 147 cm³/mol. The van der Waals surface area contributed by atoms with Crippen LogP contribution in [0.25, 0.3) is 32.7 Å². The molecule has 0 saturated heterocycles. The predicted octanol–water partition coefficient (Wildman–Crippen LogP) is 2.29. The fourth-order valence-corrected chi connectivity index (χ4v) is 5.49. The van der Waals surface area contributed by atoms with Crippen molar-refractivity contribution in [3.05, 3.63) is 107 Å². The van der Waals surface area contributed by atoms with Crippen molar-refractivity contribution in [3.63, 3.8) is 0 Å². The van der Waals surface area contributed by atoms with E-state index in [0.29, 0.717) is 0 Å². The molecule has 1 radical (unpaired) electrons. The quantitative estimate of drug-likeness (QED) is 0.187. The maximum Gasteiger partial charge on any atom is 4.00 e. The third-order valence-electron chi connectivity index (χ3n) is 6.92. The zero-order valence-electron chi connectivity index (χ0n) is 21.2. The molecule has 0 bridgehead atoms. The van der Waals surface area contributed by atoms with E-state index < -0.39 is 0 Å². The SMILES string of the molecule is C[SiH]C.[Cl-].[Cl-].[Hf+4].c1cc2cc3c(cc2[cH-]1)CCC3.c1ccc(-c2c3c(cc4[cH-]ccc24)CCC3)cc1. The standard InChI is InChI=1S/C18H15.C12H11.C2H7Si.2ClH.Hf/c1-2-6-13(7-3-1)18-16-10-4-8-14(16)12-15-9-5-11-17(15)18;1-3-9-7-11-5-2-6-12(11)8-10(9)4-1;1-3-2;;;/h1-4,6-8,10,12H,5,9,11H2;1,3-4,7-8H,2,5-6H2;3H,1-2H3;2*1H;/q2*-1;;;;+4/p-2. The topological polar surface area (TPSA) is 0 Å². The Kier molecular flexibility index (Phi) is 12.4. The van der Waals surface area contributed by atoms with Crippen molar-refractivity contribution in [3.8, 4) is 11.1 Å². The number of hydrogen-bond acceptors (Lipinski definition) is 0. The Morgan fingerprint density at radius 1 is 0.667 bits per heavy atom. The number of aryl methyl sites for hydroxylation is 3. The second kappa shape index (κ2) is 14.5. The van der Waals surface area contributed by atoms with Crippen LogP contribution in [0, 0.1) is 0 Å². The summed E-state index contributed by atoms with van der Waals surface area (Å²) in [4.78, 5) is 0. The van der Waals surface area contributed by atoms with E-state index in [1.807, 2.05) is 0 Å². The van der Waals surface area contributed by atoms with Crippen LogP contribution in [0.4, 0.5) is 0 Å². The van der Waals surface area contributed by atoms with Gasteiger partial charge in [0, 0.05) is 9.52 Å². The minimum atomic E-state index is 0. The molecule has 183 valence electrons. The van der Waals surface area contributed by atoms with Crippen LogP contribution < -0.4 is 24.8 Å². The summed E-state index contributed by atoms with van der Waals surface area (Å²) in [5.41, 5.74) is 9.15. The first-order valence-electron chi connectivity index (χ1n) is 12.4. The van der Waals surface area contributed by atoms with Gasteiger partial charge in [0.2, 0.25) is 0 Å². The number of rotatable bonds is 1. The Morgan fingerprint density at radius 3 is 2.00 bits per heavy atom. The van der Waals surface area contributed by atoms with E-state index in [1.54, 1.807) is 22.3 Å². The Morgan fingerprint density at radius 2 is 1.25 bits per heavy atom. The summed E-state index contributed by atoms with van der Waals surface area (Å²) in [7, 11) is 0.750. The van der Waals surface area contributed by atoms with Crippen LogP contribution in [0.15, 0.2) is 84.9 Å². The molecule has 5 aromatic rings. The molecule has 0 amide bonds. The van der Waals surface area contributed by atoms with E-state index in [0.717, 1.165) is 9.52 Å². The van der Waals surface area contributed by atoms with Crippen molar-refractivity contribution in [1.82, 2.24) is 0 Å². The molecule has 0 fully saturated rings. The first kappa shape index (κ1) is 30.8. The largest absolute Gasteiger partial charge is 4.00 e. The Balaban J connectivity index is 0.000000223. The van der Waals surface area contributed by atoms with Gasteiger partial charge in [-0.15, -0.1) is 51.9 Å². The van der Waals surface area contributed by atoms with Crippen molar-refractivity contribution in [2.75, 3.05) is 0 Å². The monoisotopic (exact) mass is 695 g/mol. The molecule has 0 aromatic heterocycles. The third kappa shape index (κ3) is 6.51. The van der Waals surface area contributed by atoms with Gasteiger partial charge in [-0.25, -0.2) is 0 Å². The molecule has 0 heterocycles. The van der Waals surface area contributed by atoms with Crippen molar-refractivity contribution in [2.45, 2.75) is 51.6 Å². The summed E-state index contributed by atoms with van der Waals surface area (Å²) in [6.45, 7) is 4.42. The minimum Gasteiger partial charge on any atom is -1.00 e. The molecular formula is C32H33Cl2HfSi. The van der Waals surface area contributed by atoms with E-state index in [1.165, 1.54) is 71.2 Å². The van der Waals surface area contributed by atoms with Gasteiger partial charge in [-0.3, -0.25) is 0 Å². The van der Waals surface area contributed by atoms with Gasteiger partial charge in [0.25, 0.3) is 0 Å². The average molecular weight is 695 g/mol. The molecule has 2 aliphatic carbocycles. The number of halogens is 2. The summed E-state index contributed by atoms with van der Waals surface area (Å²) in [6, 6.07) is 31.2. The molecule has 2 aliphatic rings. The molecule has 0 atom stereocenters. The van der Waals surface area contributed by atoms with Gasteiger partial charge in [-0.2, -0.15) is 24.3 Å². The first-order valence-corrected chi connectivity index (χ1v) is 14.8. The first-order chi connectivity index (χ1) is 16.3. The van der Waals surface area contributed by atoms with Crippen molar-refractivity contribution in [2.24, 2.45) is 0 Å². The van der Waals surface area contributed by atoms with E-state index in [9.17, 15) is 0 Å². The van der Waals surface area contributed by atoms with Crippen molar-refractivity contribution < 1.29 is 50.7 Å². The molecule has 0 unspecified atom stereocenters. The van der Waals surface area contributed by atoms with Gasteiger partial charge in [0.15, 0.2) is 0 Å². The smallest absolute Gasteiger partial charge is 1.00 e. The second-order valence-electron chi connectivity index (χ2n) is 9.34. The van der Waals surface area contributed by atoms with E-state index in [4.69, 9.17) is 0 Å². The fourth-order valence-electron chi connectivity index (χ4n) is 5.49. The minimum absolute atomic E-state index is 0. The van der Waals surface area contributed by atoms with Crippen LogP contribution in [0.5, 0.6) is 0 Å². The Labute approximate surface area is 250 Å². The molecular weight excluding hydrogens is 662 g/mol. The van der Waals surface area contributed by atoms with Crippen LogP contribution in [0.3, 0.4) is 0 Å². The second-order valence-corrected chi connectivity index (χ2v) is 10.5. The average Bonchev–Trinajstić information content (AvgIpc) is 3.64. The van der Waals surface area contributed by atoms with E-state index >= 15 is 0 Å². The summed E-state index contributed by atoms with van der Waals surface area (Å²) in [6.07, 6.45) is 7.72.